The van der Waals surface area contributed by atoms with Crippen LogP contribution in [0.1, 0.15) is 252 Å². The van der Waals surface area contributed by atoms with Gasteiger partial charge in [0.15, 0.2) is 0 Å². The predicted octanol–water partition coefficient (Wildman–Crippen LogP) is 13.2. The highest BCUT2D eigenvalue weighted by atomic mass is 16.5. The maximum atomic E-state index is 13.4. The van der Waals surface area contributed by atoms with Gasteiger partial charge in [0.25, 0.3) is 0 Å². The normalized spacial score (nSPS) is 16.4. The number of unbranched alkanes of at least 4 members (excludes halogenated alkanes) is 23. The molecule has 2 N–H and O–H groups in total. The van der Waals surface area contributed by atoms with Crippen molar-refractivity contribution in [3.8, 4) is 0 Å². The fraction of sp³-hybridized carbons (Fsp3) is 0.943. The first kappa shape index (κ1) is 58.3. The molecule has 1 heterocycles. The molecule has 0 bridgehead atoms. The molecule has 3 unspecified atom stereocenters. The molecule has 62 heavy (non-hydrogen) atoms. The van der Waals surface area contributed by atoms with E-state index in [1.54, 1.807) is 0 Å². The first-order valence-electron chi connectivity index (χ1n) is 27.0. The van der Waals surface area contributed by atoms with E-state index >= 15 is 0 Å². The van der Waals surface area contributed by atoms with Crippen LogP contribution >= 0.6 is 0 Å². The van der Waals surface area contributed by atoms with Gasteiger partial charge in [-0.3, -0.25) is 19.3 Å². The van der Waals surface area contributed by atoms with Gasteiger partial charge >= 0.3 is 17.9 Å². The van der Waals surface area contributed by atoms with Crippen LogP contribution in [0.5, 0.6) is 0 Å². The molecule has 1 saturated heterocycles. The number of esters is 3. The lowest BCUT2D eigenvalue weighted by Crippen LogP contribution is -2.38. The Bertz CT molecular complexity index is 1030. The maximum absolute atomic E-state index is 13.4. The van der Waals surface area contributed by atoms with Gasteiger partial charge in [0.1, 0.15) is 6.04 Å². The van der Waals surface area contributed by atoms with Crippen molar-refractivity contribution in [2.24, 2.45) is 11.8 Å². The van der Waals surface area contributed by atoms with Crippen molar-refractivity contribution in [1.29, 1.82) is 0 Å². The van der Waals surface area contributed by atoms with Crippen LogP contribution in [0.3, 0.4) is 0 Å². The lowest BCUT2D eigenvalue weighted by atomic mass is 9.94. The maximum Gasteiger partial charge on any atom is 0.323 e. The molecule has 0 radical (unpaired) electrons. The van der Waals surface area contributed by atoms with E-state index < -0.39 is 0 Å². The Morgan fingerprint density at radius 1 is 0.500 bits per heavy atom. The van der Waals surface area contributed by atoms with Crippen molar-refractivity contribution >= 4 is 17.9 Å². The van der Waals surface area contributed by atoms with Crippen LogP contribution < -0.4 is 5.32 Å². The minimum atomic E-state index is -0.238. The SMILES string of the molecule is CCCCCCCCC(CCCCCC)C(=O)OCCCCCCOC(=O)[C@@H]1CC(NCCCCO)CN1CCCCCCOC(=O)C(CCCCCC)CCCCCCCC. The van der Waals surface area contributed by atoms with E-state index in [1.807, 2.05) is 0 Å². The van der Waals surface area contributed by atoms with Gasteiger partial charge in [-0.05, 0) is 96.6 Å². The Morgan fingerprint density at radius 2 is 0.887 bits per heavy atom. The van der Waals surface area contributed by atoms with E-state index in [1.165, 1.54) is 103 Å². The van der Waals surface area contributed by atoms with Crippen LogP contribution in [-0.2, 0) is 28.6 Å². The first-order valence-corrected chi connectivity index (χ1v) is 27.0. The Hall–Kier alpha value is -1.71. The zero-order valence-corrected chi connectivity index (χ0v) is 41.4. The topological polar surface area (TPSA) is 114 Å². The second kappa shape index (κ2) is 43.2. The molecule has 9 heteroatoms. The number of ether oxygens (including phenoxy) is 3. The summed E-state index contributed by atoms with van der Waals surface area (Å²) < 4.78 is 17.5. The lowest BCUT2D eigenvalue weighted by molar-refractivity contribution is -0.150. The summed E-state index contributed by atoms with van der Waals surface area (Å²) in [5.74, 6) is -0.00780. The van der Waals surface area contributed by atoms with Crippen LogP contribution in [0.4, 0.5) is 0 Å². The molecule has 9 nitrogen and oxygen atoms in total. The summed E-state index contributed by atoms with van der Waals surface area (Å²) in [4.78, 5) is 41.7. The van der Waals surface area contributed by atoms with Crippen LogP contribution in [0, 0.1) is 11.8 Å². The van der Waals surface area contributed by atoms with E-state index in [9.17, 15) is 19.5 Å². The Kier molecular flexibility index (Phi) is 40.6. The average Bonchev–Trinajstić information content (AvgIpc) is 3.69. The van der Waals surface area contributed by atoms with E-state index in [4.69, 9.17) is 14.2 Å². The molecule has 1 fully saturated rings. The number of hydrogen-bond acceptors (Lipinski definition) is 9. The van der Waals surface area contributed by atoms with E-state index in [-0.39, 0.29) is 48.4 Å². The smallest absolute Gasteiger partial charge is 0.323 e. The minimum Gasteiger partial charge on any atom is -0.465 e. The highest BCUT2D eigenvalue weighted by molar-refractivity contribution is 5.76. The summed E-state index contributed by atoms with van der Waals surface area (Å²) in [6.07, 6.45) is 38.2. The summed E-state index contributed by atoms with van der Waals surface area (Å²) in [5, 5.41) is 12.8. The minimum absolute atomic E-state index is 0.00244. The fourth-order valence-electron chi connectivity index (χ4n) is 9.00. The number of nitrogens with zero attached hydrogens (tertiary/aromatic N) is 1. The van der Waals surface area contributed by atoms with Gasteiger partial charge in [0, 0.05) is 19.2 Å². The second-order valence-corrected chi connectivity index (χ2v) is 18.9. The molecule has 0 amide bonds. The van der Waals surface area contributed by atoms with Crippen LogP contribution in [0.2, 0.25) is 0 Å². The number of nitrogens with one attached hydrogen (secondary N) is 1. The Morgan fingerprint density at radius 3 is 1.34 bits per heavy atom. The second-order valence-electron chi connectivity index (χ2n) is 18.9. The largest absolute Gasteiger partial charge is 0.465 e. The Labute approximate surface area is 383 Å². The third-order valence-electron chi connectivity index (χ3n) is 13.1. The zero-order chi connectivity index (χ0) is 45.1. The third kappa shape index (κ3) is 32.0. The molecule has 0 aliphatic carbocycles. The van der Waals surface area contributed by atoms with Crippen LogP contribution in [0.15, 0.2) is 0 Å². The van der Waals surface area contributed by atoms with E-state index in [0.29, 0.717) is 19.8 Å². The number of carbonyl (C=O) groups is 3. The number of rotatable bonds is 46. The summed E-state index contributed by atoms with van der Waals surface area (Å²) in [7, 11) is 0. The fourth-order valence-corrected chi connectivity index (χ4v) is 9.00. The van der Waals surface area contributed by atoms with Gasteiger partial charge in [0.05, 0.1) is 31.7 Å². The first-order chi connectivity index (χ1) is 30.4. The molecule has 0 aromatic carbocycles. The van der Waals surface area contributed by atoms with Gasteiger partial charge in [-0.2, -0.15) is 0 Å². The van der Waals surface area contributed by atoms with Gasteiger partial charge in [0.2, 0.25) is 0 Å². The van der Waals surface area contributed by atoms with E-state index in [0.717, 1.165) is 142 Å². The highest BCUT2D eigenvalue weighted by Crippen LogP contribution is 2.24. The highest BCUT2D eigenvalue weighted by Gasteiger charge is 2.37. The number of aliphatic hydroxyl groups is 1. The van der Waals surface area contributed by atoms with E-state index in [2.05, 4.69) is 37.9 Å². The van der Waals surface area contributed by atoms with Gasteiger partial charge in [-0.15, -0.1) is 0 Å². The number of carbonyl (C=O) groups excluding carboxylic acids is 3. The lowest BCUT2D eigenvalue weighted by Gasteiger charge is -2.23. The average molecular weight is 879 g/mol. The summed E-state index contributed by atoms with van der Waals surface area (Å²) in [6, 6.07) is -0.000713. The van der Waals surface area contributed by atoms with Gasteiger partial charge < -0.3 is 24.6 Å². The van der Waals surface area contributed by atoms with Crippen molar-refractivity contribution in [1.82, 2.24) is 10.2 Å². The van der Waals surface area contributed by atoms with Gasteiger partial charge in [-0.25, -0.2) is 0 Å². The number of hydrogen-bond donors (Lipinski definition) is 2. The summed E-state index contributed by atoms with van der Waals surface area (Å²) in [6.45, 7) is 13.1. The van der Waals surface area contributed by atoms with Crippen molar-refractivity contribution in [3.63, 3.8) is 0 Å². The molecule has 0 aromatic rings. The van der Waals surface area contributed by atoms with Crippen LogP contribution in [-0.4, -0.2) is 86.1 Å². The third-order valence-corrected chi connectivity index (χ3v) is 13.1. The number of aliphatic hydroxyl groups excluding tert-OH is 1. The molecule has 1 rings (SSSR count). The van der Waals surface area contributed by atoms with Crippen molar-refractivity contribution in [2.45, 2.75) is 265 Å². The summed E-state index contributed by atoms with van der Waals surface area (Å²) >= 11 is 0. The van der Waals surface area contributed by atoms with Crippen molar-refractivity contribution in [2.75, 3.05) is 46.1 Å². The zero-order valence-electron chi connectivity index (χ0n) is 41.4. The molecule has 1 aliphatic rings. The van der Waals surface area contributed by atoms with Crippen molar-refractivity contribution < 1.29 is 33.7 Å². The molecule has 366 valence electrons. The number of likely N-dealkylation sites (tertiary alicyclic amines) is 1. The quantitative estimate of drug-likeness (QED) is 0.0350. The molecular formula is C53H102N2O7. The summed E-state index contributed by atoms with van der Waals surface area (Å²) in [5.41, 5.74) is 0. The van der Waals surface area contributed by atoms with Crippen LogP contribution in [0.25, 0.3) is 0 Å². The standard InChI is InChI=1S/C53H102N2O7/c1-5-9-13-17-19-27-37-47(35-25-15-11-7-3)51(57)60-42-32-22-21-30-40-55-46-49(54-39-29-31-41-56)45-50(55)53(59)62-44-34-24-23-33-43-61-52(58)48(36-26-16-12-8-4)38-28-20-18-14-10-6-2/h47-50,54,56H,5-46H2,1-4H3/t47?,48?,49?,50-/m0/s1. The Balaban J connectivity index is 2.43. The molecule has 0 spiro atoms. The molecule has 4 atom stereocenters. The molecule has 0 aromatic heterocycles. The molecule has 1 aliphatic heterocycles. The molecule has 0 saturated carbocycles. The predicted molar refractivity (Wildman–Crippen MR) is 258 cm³/mol. The van der Waals surface area contributed by atoms with Gasteiger partial charge in [-0.1, -0.05) is 169 Å². The monoisotopic (exact) mass is 879 g/mol. The van der Waals surface area contributed by atoms with Crippen molar-refractivity contribution in [3.05, 3.63) is 0 Å². The molecular weight excluding hydrogens is 777 g/mol.